The van der Waals surface area contributed by atoms with Gasteiger partial charge in [0, 0.05) is 40.9 Å². The number of esters is 1. The van der Waals surface area contributed by atoms with Gasteiger partial charge < -0.3 is 14.2 Å². The summed E-state index contributed by atoms with van der Waals surface area (Å²) in [5.41, 5.74) is 4.47. The number of Topliss-reactive ketones (excluding diaryl/α,β-unsaturated/α-hetero) is 1. The summed E-state index contributed by atoms with van der Waals surface area (Å²) in [6.07, 6.45) is -0.253. The number of aromatic nitrogens is 1. The second-order valence-electron chi connectivity index (χ2n) is 8.26. The minimum absolute atomic E-state index is 0.0222. The molecule has 34 heavy (non-hydrogen) atoms. The average Bonchev–Trinajstić information content (AvgIpc) is 3.39. The maximum absolute atomic E-state index is 13.0. The van der Waals surface area contributed by atoms with Crippen LogP contribution in [-0.2, 0) is 21.7 Å². The Bertz CT molecular complexity index is 1250. The summed E-state index contributed by atoms with van der Waals surface area (Å²) in [5.74, 6) is 0.507. The van der Waals surface area contributed by atoms with Gasteiger partial charge >= 0.3 is 5.97 Å². The van der Waals surface area contributed by atoms with Crippen LogP contribution in [0.1, 0.15) is 57.1 Å². The van der Waals surface area contributed by atoms with Gasteiger partial charge in [0.1, 0.15) is 5.76 Å². The molecule has 1 amide bonds. The molecule has 0 fully saturated rings. The molecule has 8 heteroatoms. The average molecular weight is 479 g/mol. The third-order valence-electron chi connectivity index (χ3n) is 5.95. The molecule has 7 nitrogen and oxygen atoms in total. The van der Waals surface area contributed by atoms with E-state index in [0.29, 0.717) is 29.8 Å². The fourth-order valence-electron chi connectivity index (χ4n) is 4.01. The maximum atomic E-state index is 13.0. The predicted molar refractivity (Wildman–Crippen MR) is 129 cm³/mol. The molecule has 1 aliphatic heterocycles. The first-order valence-corrected chi connectivity index (χ1v) is 12.0. The molecule has 176 valence electrons. The number of ether oxygens (including phenoxy) is 1. The van der Waals surface area contributed by atoms with E-state index in [2.05, 4.69) is 5.16 Å². The summed E-state index contributed by atoms with van der Waals surface area (Å²) in [4.78, 5) is 40.2. The quantitative estimate of drug-likeness (QED) is 0.270. The van der Waals surface area contributed by atoms with Gasteiger partial charge in [0.15, 0.2) is 6.10 Å². The van der Waals surface area contributed by atoms with Crippen molar-refractivity contribution in [3.05, 3.63) is 76.2 Å². The molecule has 0 saturated heterocycles. The lowest BCUT2D eigenvalue weighted by Gasteiger charge is -2.16. The van der Waals surface area contributed by atoms with Crippen LogP contribution in [0, 0.1) is 13.8 Å². The number of ketones is 1. The summed E-state index contributed by atoms with van der Waals surface area (Å²) in [5, 5.41) is 3.97. The van der Waals surface area contributed by atoms with Crippen molar-refractivity contribution in [2.45, 2.75) is 50.9 Å². The molecular formula is C26H26N2O5S. The molecule has 0 radical (unpaired) electrons. The summed E-state index contributed by atoms with van der Waals surface area (Å²) in [6.45, 7) is 7.46. The Morgan fingerprint density at radius 3 is 2.65 bits per heavy atom. The summed E-state index contributed by atoms with van der Waals surface area (Å²) < 4.78 is 10.8. The Morgan fingerprint density at radius 1 is 1.18 bits per heavy atom. The number of carbonyl (C=O) groups is 3. The van der Waals surface area contributed by atoms with Gasteiger partial charge in [-0.25, -0.2) is 4.79 Å². The Labute approximate surface area is 202 Å². The van der Waals surface area contributed by atoms with E-state index >= 15 is 0 Å². The first kappa shape index (κ1) is 23.8. The largest absolute Gasteiger partial charge is 0.451 e. The minimum atomic E-state index is -0.948. The number of thioether (sulfide) groups is 1. The normalized spacial score (nSPS) is 13.5. The number of aryl methyl sites for hydroxylation is 2. The molecule has 2 heterocycles. The van der Waals surface area contributed by atoms with Gasteiger partial charge in [0.25, 0.3) is 0 Å². The zero-order chi connectivity index (χ0) is 24.4. The molecule has 0 aliphatic carbocycles. The minimum Gasteiger partial charge on any atom is -0.451 e. The van der Waals surface area contributed by atoms with Crippen LogP contribution in [0.15, 0.2) is 51.9 Å². The zero-order valence-corrected chi connectivity index (χ0v) is 20.4. The van der Waals surface area contributed by atoms with E-state index in [1.807, 2.05) is 26.0 Å². The van der Waals surface area contributed by atoms with Crippen LogP contribution in [0.25, 0.3) is 0 Å². The standard InChI is InChI=1S/C26H26N2O5S/c1-15-22(16(2)33-27-15)14-34-24-8-6-5-7-21(24)26(31)32-17(3)25(30)20-9-10-23-19(13-20)11-12-28(23)18(4)29/h5-10,13,17H,11-12,14H2,1-4H3. The number of benzene rings is 2. The Morgan fingerprint density at radius 2 is 1.94 bits per heavy atom. The molecule has 0 spiro atoms. The van der Waals surface area contributed by atoms with E-state index < -0.39 is 12.1 Å². The number of fused-ring (bicyclic) bond motifs is 1. The van der Waals surface area contributed by atoms with Crippen LogP contribution in [0.4, 0.5) is 5.69 Å². The Hall–Kier alpha value is -3.39. The van der Waals surface area contributed by atoms with Crippen LogP contribution in [0.5, 0.6) is 0 Å². The van der Waals surface area contributed by atoms with Crippen molar-refractivity contribution in [1.82, 2.24) is 5.16 Å². The first-order valence-electron chi connectivity index (χ1n) is 11.1. The molecule has 1 unspecified atom stereocenters. The van der Waals surface area contributed by atoms with E-state index in [9.17, 15) is 14.4 Å². The highest BCUT2D eigenvalue weighted by Crippen LogP contribution is 2.31. The highest BCUT2D eigenvalue weighted by atomic mass is 32.2. The van der Waals surface area contributed by atoms with Gasteiger partial charge in [0.05, 0.1) is 11.3 Å². The molecule has 0 saturated carbocycles. The summed E-state index contributed by atoms with van der Waals surface area (Å²) in [6, 6.07) is 12.4. The molecule has 1 aliphatic rings. The van der Waals surface area contributed by atoms with Crippen molar-refractivity contribution in [3.63, 3.8) is 0 Å². The molecular weight excluding hydrogens is 452 g/mol. The number of nitrogens with zero attached hydrogens (tertiary/aromatic N) is 2. The van der Waals surface area contributed by atoms with Gasteiger partial charge in [-0.3, -0.25) is 9.59 Å². The fraction of sp³-hybridized carbons (Fsp3) is 0.308. The number of carbonyl (C=O) groups excluding carboxylic acids is 3. The molecule has 0 bridgehead atoms. The van der Waals surface area contributed by atoms with E-state index in [4.69, 9.17) is 9.26 Å². The lowest BCUT2D eigenvalue weighted by atomic mass is 10.0. The number of hydrogen-bond donors (Lipinski definition) is 0. The Balaban J connectivity index is 1.45. The van der Waals surface area contributed by atoms with Crippen molar-refractivity contribution >= 4 is 35.1 Å². The molecule has 3 aromatic rings. The van der Waals surface area contributed by atoms with Gasteiger partial charge in [0.2, 0.25) is 11.7 Å². The van der Waals surface area contributed by atoms with Crippen LogP contribution in [0.3, 0.4) is 0 Å². The van der Waals surface area contributed by atoms with E-state index in [1.165, 1.54) is 18.7 Å². The second kappa shape index (κ2) is 9.85. The predicted octanol–water partition coefficient (Wildman–Crippen LogP) is 4.92. The number of hydrogen-bond acceptors (Lipinski definition) is 7. The highest BCUT2D eigenvalue weighted by Gasteiger charge is 2.26. The topological polar surface area (TPSA) is 89.7 Å². The van der Waals surface area contributed by atoms with E-state index in [-0.39, 0.29) is 11.7 Å². The number of rotatable bonds is 7. The third-order valence-corrected chi connectivity index (χ3v) is 7.05. The molecule has 1 atom stereocenters. The molecule has 0 N–H and O–H groups in total. The fourth-order valence-corrected chi connectivity index (χ4v) is 5.21. The van der Waals surface area contributed by atoms with Crippen LogP contribution in [0.2, 0.25) is 0 Å². The van der Waals surface area contributed by atoms with E-state index in [0.717, 1.165) is 33.2 Å². The number of amides is 1. The SMILES string of the molecule is CC(=O)N1CCc2cc(C(=O)C(C)OC(=O)c3ccccc3SCc3c(C)noc3C)ccc21. The molecule has 4 rings (SSSR count). The van der Waals surface area contributed by atoms with Crippen molar-refractivity contribution in [3.8, 4) is 0 Å². The van der Waals surface area contributed by atoms with Crippen molar-refractivity contribution in [2.24, 2.45) is 0 Å². The second-order valence-corrected chi connectivity index (χ2v) is 9.28. The third kappa shape index (κ3) is 4.77. The number of anilines is 1. The van der Waals surface area contributed by atoms with Crippen molar-refractivity contribution in [2.75, 3.05) is 11.4 Å². The first-order chi connectivity index (χ1) is 16.3. The highest BCUT2D eigenvalue weighted by molar-refractivity contribution is 7.98. The lowest BCUT2D eigenvalue weighted by molar-refractivity contribution is -0.116. The van der Waals surface area contributed by atoms with E-state index in [1.54, 1.807) is 42.2 Å². The van der Waals surface area contributed by atoms with Gasteiger partial charge in [-0.1, -0.05) is 17.3 Å². The summed E-state index contributed by atoms with van der Waals surface area (Å²) in [7, 11) is 0. The van der Waals surface area contributed by atoms with Crippen LogP contribution >= 0.6 is 11.8 Å². The van der Waals surface area contributed by atoms with Crippen LogP contribution in [-0.4, -0.2) is 35.5 Å². The van der Waals surface area contributed by atoms with Gasteiger partial charge in [-0.2, -0.15) is 0 Å². The molecule has 1 aromatic heterocycles. The van der Waals surface area contributed by atoms with Gasteiger partial charge in [-0.15, -0.1) is 11.8 Å². The Kier molecular flexibility index (Phi) is 6.88. The smallest absolute Gasteiger partial charge is 0.339 e. The lowest BCUT2D eigenvalue weighted by Crippen LogP contribution is -2.26. The van der Waals surface area contributed by atoms with Crippen molar-refractivity contribution < 1.29 is 23.6 Å². The zero-order valence-electron chi connectivity index (χ0n) is 19.6. The van der Waals surface area contributed by atoms with Crippen molar-refractivity contribution in [1.29, 1.82) is 0 Å². The molecule has 2 aromatic carbocycles. The monoisotopic (exact) mass is 478 g/mol. The summed E-state index contributed by atoms with van der Waals surface area (Å²) >= 11 is 1.49. The van der Waals surface area contributed by atoms with Gasteiger partial charge in [-0.05, 0) is 63.1 Å². The maximum Gasteiger partial charge on any atom is 0.339 e. The van der Waals surface area contributed by atoms with Crippen LogP contribution < -0.4 is 4.90 Å².